The second-order valence-electron chi connectivity index (χ2n) is 5.48. The van der Waals surface area contributed by atoms with Crippen LogP contribution in [-0.2, 0) is 0 Å². The second-order valence-corrected chi connectivity index (χ2v) is 8.28. The molecule has 0 fully saturated rings. The number of hydrogen-bond acceptors (Lipinski definition) is 8. The van der Waals surface area contributed by atoms with E-state index in [4.69, 9.17) is 23.2 Å². The molecule has 0 aliphatic carbocycles. The number of nitrogens with one attached hydrogen (secondary N) is 1. The zero-order valence-corrected chi connectivity index (χ0v) is 16.6. The predicted molar refractivity (Wildman–Crippen MR) is 105 cm³/mol. The largest absolute Gasteiger partial charge is 0.376 e. The van der Waals surface area contributed by atoms with E-state index in [1.54, 1.807) is 6.07 Å². The zero-order valence-electron chi connectivity index (χ0n) is 13.5. The Labute approximate surface area is 169 Å². The van der Waals surface area contributed by atoms with E-state index in [0.717, 1.165) is 0 Å². The molecule has 138 valence electrons. The summed E-state index contributed by atoms with van der Waals surface area (Å²) in [4.78, 5) is 21.0. The van der Waals surface area contributed by atoms with Crippen molar-refractivity contribution in [3.8, 4) is 5.13 Å². The van der Waals surface area contributed by atoms with Crippen LogP contribution in [0.5, 0.6) is 0 Å². The van der Waals surface area contributed by atoms with E-state index >= 15 is 0 Å². The van der Waals surface area contributed by atoms with E-state index in [1.165, 1.54) is 45.1 Å². The van der Waals surface area contributed by atoms with Crippen molar-refractivity contribution in [1.82, 2.24) is 24.7 Å². The molecule has 3 heterocycles. The molecule has 0 aliphatic heterocycles. The molecule has 0 amide bonds. The maximum absolute atomic E-state index is 14.5. The van der Waals surface area contributed by atoms with E-state index in [0.29, 0.717) is 20.2 Å². The Hall–Kier alpha value is -2.14. The first-order valence-corrected chi connectivity index (χ1v) is 9.95. The first-order chi connectivity index (χ1) is 12.9. The Kier molecular flexibility index (Phi) is 4.81. The Morgan fingerprint density at radius 2 is 2.15 bits per heavy atom. The van der Waals surface area contributed by atoms with Crippen LogP contribution >= 0.6 is 45.9 Å². The molecule has 0 spiro atoms. The Morgan fingerprint density at radius 1 is 1.33 bits per heavy atom. The van der Waals surface area contributed by atoms with Gasteiger partial charge in [-0.3, -0.25) is 4.79 Å². The first kappa shape index (κ1) is 18.2. The van der Waals surface area contributed by atoms with Gasteiger partial charge in [0.2, 0.25) is 5.13 Å². The molecule has 12 heteroatoms. The smallest absolute Gasteiger partial charge is 0.267 e. The van der Waals surface area contributed by atoms with Gasteiger partial charge in [0.1, 0.15) is 26.7 Å². The van der Waals surface area contributed by atoms with E-state index in [2.05, 4.69) is 25.5 Å². The predicted octanol–water partition coefficient (Wildman–Crippen LogP) is 4.31. The molecule has 0 radical (unpaired) electrons. The topological polar surface area (TPSA) is 85.6 Å². The molecular formula is C15H9Cl2FN6OS2. The number of nitrogens with zero attached hydrogens (tertiary/aromatic N) is 5. The molecule has 0 saturated heterocycles. The van der Waals surface area contributed by atoms with Crippen molar-refractivity contribution in [3.63, 3.8) is 0 Å². The lowest BCUT2D eigenvalue weighted by molar-refractivity contribution is 0.635. The van der Waals surface area contributed by atoms with Crippen LogP contribution in [-0.4, -0.2) is 24.7 Å². The highest BCUT2D eigenvalue weighted by Crippen LogP contribution is 2.33. The molecule has 0 saturated carbocycles. The van der Waals surface area contributed by atoms with E-state index < -0.39 is 11.4 Å². The van der Waals surface area contributed by atoms with Crippen LogP contribution in [0.15, 0.2) is 28.8 Å². The van der Waals surface area contributed by atoms with Crippen LogP contribution in [0.3, 0.4) is 0 Å². The first-order valence-electron chi connectivity index (χ1n) is 7.49. The minimum Gasteiger partial charge on any atom is -0.376 e. The Bertz CT molecular complexity index is 1170. The lowest BCUT2D eigenvalue weighted by Gasteiger charge is -2.13. The van der Waals surface area contributed by atoms with Crippen LogP contribution in [0.25, 0.3) is 16.0 Å². The van der Waals surface area contributed by atoms with Crippen molar-refractivity contribution < 1.29 is 4.39 Å². The monoisotopic (exact) mass is 442 g/mol. The highest BCUT2D eigenvalue weighted by molar-refractivity contribution is 7.16. The van der Waals surface area contributed by atoms with Gasteiger partial charge in [0.15, 0.2) is 11.0 Å². The minimum atomic E-state index is -0.612. The normalized spacial score (nSPS) is 12.4. The number of anilines is 1. The van der Waals surface area contributed by atoms with Crippen LogP contribution in [0.2, 0.25) is 9.49 Å². The minimum absolute atomic E-state index is 0.0145. The SMILES string of the molecule is CC(Nc1cc(F)c2ncn(-c3nncs3)c(=O)c2c1)c1nc(Cl)c(Cl)s1. The van der Waals surface area contributed by atoms with Crippen molar-refractivity contribution in [2.45, 2.75) is 13.0 Å². The quantitative estimate of drug-likeness (QED) is 0.506. The van der Waals surface area contributed by atoms with Crippen molar-refractivity contribution in [1.29, 1.82) is 0 Å². The average molecular weight is 443 g/mol. The maximum atomic E-state index is 14.5. The molecule has 1 N–H and O–H groups in total. The van der Waals surface area contributed by atoms with Crippen molar-refractivity contribution >= 4 is 62.5 Å². The van der Waals surface area contributed by atoms with E-state index in [1.807, 2.05) is 6.92 Å². The summed E-state index contributed by atoms with van der Waals surface area (Å²) in [5.74, 6) is -0.612. The van der Waals surface area contributed by atoms with Crippen molar-refractivity contribution in [3.05, 3.63) is 54.6 Å². The molecule has 0 bridgehead atoms. The molecule has 1 aromatic carbocycles. The van der Waals surface area contributed by atoms with Gasteiger partial charge in [0, 0.05) is 5.69 Å². The van der Waals surface area contributed by atoms with Gasteiger partial charge in [0.05, 0.1) is 11.4 Å². The standard InChI is InChI=1S/C15H9Cl2FN6OS2/c1-6(13-22-11(16)12(17)27-13)21-7-2-8-10(9(18)3-7)19-4-24(14(8)25)15-23-20-5-26-15/h2-6,21H,1H3. The molecule has 1 atom stereocenters. The summed E-state index contributed by atoms with van der Waals surface area (Å²) in [5, 5.41) is 12.0. The lowest BCUT2D eigenvalue weighted by atomic mass is 10.2. The summed E-state index contributed by atoms with van der Waals surface area (Å²) in [5.41, 5.74) is 1.45. The fraction of sp³-hybridized carbons (Fsp3) is 0.133. The zero-order chi connectivity index (χ0) is 19.1. The molecule has 3 aromatic heterocycles. The number of fused-ring (bicyclic) bond motifs is 1. The average Bonchev–Trinajstić information content (AvgIpc) is 3.26. The third kappa shape index (κ3) is 3.41. The fourth-order valence-corrected chi connectivity index (χ4v) is 4.23. The summed E-state index contributed by atoms with van der Waals surface area (Å²) in [7, 11) is 0. The summed E-state index contributed by atoms with van der Waals surface area (Å²) in [6.45, 7) is 1.83. The van der Waals surface area contributed by atoms with E-state index in [-0.39, 0.29) is 22.1 Å². The molecule has 27 heavy (non-hydrogen) atoms. The molecule has 4 aromatic rings. The van der Waals surface area contributed by atoms with Crippen LogP contribution < -0.4 is 10.9 Å². The Balaban J connectivity index is 1.75. The fourth-order valence-electron chi connectivity index (χ4n) is 2.48. The van der Waals surface area contributed by atoms with Crippen LogP contribution in [0.1, 0.15) is 18.0 Å². The van der Waals surface area contributed by atoms with Gasteiger partial charge in [-0.2, -0.15) is 0 Å². The lowest BCUT2D eigenvalue weighted by Crippen LogP contribution is -2.19. The van der Waals surface area contributed by atoms with Crippen LogP contribution in [0.4, 0.5) is 10.1 Å². The molecule has 7 nitrogen and oxygen atoms in total. The highest BCUT2D eigenvalue weighted by atomic mass is 35.5. The number of benzene rings is 1. The number of halogens is 3. The van der Waals surface area contributed by atoms with Gasteiger partial charge in [-0.25, -0.2) is 18.9 Å². The summed E-state index contributed by atoms with van der Waals surface area (Å²) >= 11 is 14.2. The van der Waals surface area contributed by atoms with Gasteiger partial charge in [-0.1, -0.05) is 34.5 Å². The van der Waals surface area contributed by atoms with Crippen molar-refractivity contribution in [2.75, 3.05) is 5.32 Å². The summed E-state index contributed by atoms with van der Waals surface area (Å²) < 4.78 is 16.1. The summed E-state index contributed by atoms with van der Waals surface area (Å²) in [6, 6.07) is 2.52. The third-order valence-corrected chi connectivity index (χ3v) is 6.30. The molecule has 4 rings (SSSR count). The molecule has 0 aliphatic rings. The van der Waals surface area contributed by atoms with Crippen LogP contribution in [0, 0.1) is 5.82 Å². The number of thiazole rings is 1. The number of hydrogen-bond donors (Lipinski definition) is 1. The second kappa shape index (κ2) is 7.12. The van der Waals surface area contributed by atoms with Gasteiger partial charge < -0.3 is 5.32 Å². The number of rotatable bonds is 4. The maximum Gasteiger partial charge on any atom is 0.267 e. The highest BCUT2D eigenvalue weighted by Gasteiger charge is 2.17. The van der Waals surface area contributed by atoms with Gasteiger partial charge in [-0.05, 0) is 19.1 Å². The molecular weight excluding hydrogens is 434 g/mol. The van der Waals surface area contributed by atoms with Gasteiger partial charge in [0.25, 0.3) is 5.56 Å². The van der Waals surface area contributed by atoms with E-state index in [9.17, 15) is 9.18 Å². The third-order valence-electron chi connectivity index (χ3n) is 3.69. The van der Waals surface area contributed by atoms with Gasteiger partial charge in [-0.15, -0.1) is 21.5 Å². The molecule has 1 unspecified atom stereocenters. The summed E-state index contributed by atoms with van der Waals surface area (Å²) in [6.07, 6.45) is 1.24. The van der Waals surface area contributed by atoms with Crippen molar-refractivity contribution in [2.24, 2.45) is 0 Å². The number of aromatic nitrogens is 5. The Morgan fingerprint density at radius 3 is 2.81 bits per heavy atom. The van der Waals surface area contributed by atoms with Gasteiger partial charge >= 0.3 is 0 Å².